The van der Waals surface area contributed by atoms with Crippen LogP contribution >= 0.6 is 0 Å². The highest BCUT2D eigenvalue weighted by Gasteiger charge is 2.09. The lowest BCUT2D eigenvalue weighted by atomic mass is 10.2. The predicted molar refractivity (Wildman–Crippen MR) is 105 cm³/mol. The number of hydrogen-bond acceptors (Lipinski definition) is 5. The number of anilines is 1. The van der Waals surface area contributed by atoms with Crippen LogP contribution in [-0.4, -0.2) is 21.1 Å². The van der Waals surface area contributed by atoms with Crippen molar-refractivity contribution in [3.05, 3.63) is 72.7 Å². The van der Waals surface area contributed by atoms with Crippen molar-refractivity contribution < 1.29 is 18.3 Å². The number of alkyl halides is 2. The van der Waals surface area contributed by atoms with E-state index in [0.29, 0.717) is 18.2 Å². The second kappa shape index (κ2) is 8.14. The smallest absolute Gasteiger partial charge is 0.387 e. The SMILES string of the molecule is Cn1ccc2c(Oc3ccc(NCc4ccc(OC(F)F)cc4)cc3)ncnc21. The minimum absolute atomic E-state index is 0.141. The number of hydrogen-bond donors (Lipinski definition) is 1. The largest absolute Gasteiger partial charge is 0.438 e. The molecule has 0 aliphatic rings. The lowest BCUT2D eigenvalue weighted by molar-refractivity contribution is -0.0498. The van der Waals surface area contributed by atoms with E-state index in [1.807, 2.05) is 48.1 Å². The first kappa shape index (κ1) is 18.7. The number of aryl methyl sites for hydroxylation is 1. The van der Waals surface area contributed by atoms with Gasteiger partial charge in [0.1, 0.15) is 23.5 Å². The van der Waals surface area contributed by atoms with Crippen LogP contribution in [0.25, 0.3) is 11.0 Å². The van der Waals surface area contributed by atoms with E-state index in [4.69, 9.17) is 4.74 Å². The first-order chi connectivity index (χ1) is 14.1. The maximum Gasteiger partial charge on any atom is 0.387 e. The van der Waals surface area contributed by atoms with Crippen molar-refractivity contribution >= 4 is 16.7 Å². The van der Waals surface area contributed by atoms with E-state index in [1.54, 1.807) is 12.1 Å². The van der Waals surface area contributed by atoms with Crippen molar-refractivity contribution in [1.29, 1.82) is 0 Å². The van der Waals surface area contributed by atoms with E-state index in [-0.39, 0.29) is 5.75 Å². The molecule has 0 atom stereocenters. The van der Waals surface area contributed by atoms with Crippen molar-refractivity contribution in [2.45, 2.75) is 13.2 Å². The van der Waals surface area contributed by atoms with Crippen molar-refractivity contribution in [2.75, 3.05) is 5.32 Å². The van der Waals surface area contributed by atoms with Gasteiger partial charge in [0.05, 0.1) is 5.39 Å². The molecule has 0 amide bonds. The summed E-state index contributed by atoms with van der Waals surface area (Å²) in [5, 5.41) is 4.12. The van der Waals surface area contributed by atoms with Crippen LogP contribution in [0.1, 0.15) is 5.56 Å². The van der Waals surface area contributed by atoms with Crippen LogP contribution in [0.2, 0.25) is 0 Å². The Kier molecular flexibility index (Phi) is 5.24. The molecular formula is C21H18F2N4O2. The summed E-state index contributed by atoms with van der Waals surface area (Å²) in [6, 6.07) is 15.9. The molecule has 8 heteroatoms. The van der Waals surface area contributed by atoms with Gasteiger partial charge in [-0.2, -0.15) is 8.78 Å². The van der Waals surface area contributed by atoms with Crippen LogP contribution in [-0.2, 0) is 13.6 Å². The van der Waals surface area contributed by atoms with E-state index >= 15 is 0 Å². The molecule has 0 bridgehead atoms. The summed E-state index contributed by atoms with van der Waals surface area (Å²) < 4.78 is 36.5. The molecule has 0 unspecified atom stereocenters. The van der Waals surface area contributed by atoms with E-state index in [9.17, 15) is 8.78 Å². The Hall–Kier alpha value is -3.68. The fourth-order valence-corrected chi connectivity index (χ4v) is 2.88. The first-order valence-corrected chi connectivity index (χ1v) is 8.90. The summed E-state index contributed by atoms with van der Waals surface area (Å²) in [4.78, 5) is 8.47. The van der Waals surface area contributed by atoms with Crippen molar-refractivity contribution in [1.82, 2.24) is 14.5 Å². The van der Waals surface area contributed by atoms with E-state index in [1.165, 1.54) is 18.5 Å². The average molecular weight is 396 g/mol. The summed E-state index contributed by atoms with van der Waals surface area (Å²) in [5.74, 6) is 1.30. The standard InChI is InChI=1S/C21H18F2N4O2/c1-27-11-10-18-19(27)25-13-26-20(18)28-16-8-4-15(5-9-16)24-12-14-2-6-17(7-3-14)29-21(22)23/h2-11,13,21,24H,12H2,1H3. The molecule has 4 aromatic rings. The zero-order chi connectivity index (χ0) is 20.2. The van der Waals surface area contributed by atoms with Gasteiger partial charge >= 0.3 is 6.61 Å². The molecule has 29 heavy (non-hydrogen) atoms. The minimum Gasteiger partial charge on any atom is -0.438 e. The van der Waals surface area contributed by atoms with Gasteiger partial charge in [-0.1, -0.05) is 12.1 Å². The third-order valence-corrected chi connectivity index (χ3v) is 4.34. The zero-order valence-electron chi connectivity index (χ0n) is 15.5. The second-order valence-electron chi connectivity index (χ2n) is 6.35. The van der Waals surface area contributed by atoms with Gasteiger partial charge in [-0.05, 0) is 48.0 Å². The van der Waals surface area contributed by atoms with Crippen LogP contribution < -0.4 is 14.8 Å². The molecule has 0 fully saturated rings. The van der Waals surface area contributed by atoms with Crippen LogP contribution in [0.5, 0.6) is 17.4 Å². The molecule has 0 aliphatic carbocycles. The molecule has 4 rings (SSSR count). The Morgan fingerprint density at radius 2 is 1.69 bits per heavy atom. The van der Waals surface area contributed by atoms with Crippen molar-refractivity contribution in [2.24, 2.45) is 7.05 Å². The van der Waals surface area contributed by atoms with Crippen LogP contribution in [0, 0.1) is 0 Å². The van der Waals surface area contributed by atoms with E-state index in [0.717, 1.165) is 22.3 Å². The molecule has 148 valence electrons. The van der Waals surface area contributed by atoms with Gasteiger partial charge < -0.3 is 19.4 Å². The molecule has 2 aromatic heterocycles. The number of rotatable bonds is 7. The van der Waals surface area contributed by atoms with Gasteiger partial charge in [0, 0.05) is 25.5 Å². The Labute approximate surface area is 165 Å². The molecule has 2 aromatic carbocycles. The quantitative estimate of drug-likeness (QED) is 0.478. The van der Waals surface area contributed by atoms with Gasteiger partial charge in [-0.15, -0.1) is 0 Å². The Balaban J connectivity index is 1.38. The second-order valence-corrected chi connectivity index (χ2v) is 6.35. The fourth-order valence-electron chi connectivity index (χ4n) is 2.88. The maximum atomic E-state index is 12.2. The number of fused-ring (bicyclic) bond motifs is 1. The Morgan fingerprint density at radius 3 is 2.41 bits per heavy atom. The number of aromatic nitrogens is 3. The summed E-state index contributed by atoms with van der Waals surface area (Å²) in [7, 11) is 1.92. The molecule has 0 aliphatic heterocycles. The molecule has 6 nitrogen and oxygen atoms in total. The minimum atomic E-state index is -2.82. The van der Waals surface area contributed by atoms with Crippen LogP contribution in [0.15, 0.2) is 67.1 Å². The Bertz CT molecular complexity index is 1100. The summed E-state index contributed by atoms with van der Waals surface area (Å²) in [6.07, 6.45) is 3.39. The molecule has 0 saturated heterocycles. The molecule has 2 heterocycles. The average Bonchev–Trinajstić information content (AvgIpc) is 3.10. The molecule has 1 N–H and O–H groups in total. The maximum absolute atomic E-state index is 12.2. The number of nitrogens with zero attached hydrogens (tertiary/aromatic N) is 3. The van der Waals surface area contributed by atoms with Gasteiger partial charge in [0.15, 0.2) is 0 Å². The van der Waals surface area contributed by atoms with Crippen molar-refractivity contribution in [3.8, 4) is 17.4 Å². The normalized spacial score (nSPS) is 11.0. The monoisotopic (exact) mass is 396 g/mol. The van der Waals surface area contributed by atoms with E-state index in [2.05, 4.69) is 20.0 Å². The number of benzene rings is 2. The number of ether oxygens (including phenoxy) is 2. The highest BCUT2D eigenvalue weighted by molar-refractivity contribution is 5.81. The van der Waals surface area contributed by atoms with Crippen LogP contribution in [0.4, 0.5) is 14.5 Å². The van der Waals surface area contributed by atoms with Gasteiger partial charge in [0.2, 0.25) is 5.88 Å². The summed E-state index contributed by atoms with van der Waals surface area (Å²) >= 11 is 0. The lowest BCUT2D eigenvalue weighted by Gasteiger charge is -2.10. The third kappa shape index (κ3) is 4.43. The van der Waals surface area contributed by atoms with Crippen LogP contribution in [0.3, 0.4) is 0 Å². The lowest BCUT2D eigenvalue weighted by Crippen LogP contribution is -2.02. The Morgan fingerprint density at radius 1 is 0.966 bits per heavy atom. The number of halogens is 2. The third-order valence-electron chi connectivity index (χ3n) is 4.34. The van der Waals surface area contributed by atoms with Gasteiger partial charge in [-0.25, -0.2) is 9.97 Å². The fraction of sp³-hybridized carbons (Fsp3) is 0.143. The molecular weight excluding hydrogens is 378 g/mol. The van der Waals surface area contributed by atoms with Crippen molar-refractivity contribution in [3.63, 3.8) is 0 Å². The highest BCUT2D eigenvalue weighted by atomic mass is 19.3. The topological polar surface area (TPSA) is 61.2 Å². The molecule has 0 radical (unpaired) electrons. The zero-order valence-corrected chi connectivity index (χ0v) is 15.5. The van der Waals surface area contributed by atoms with E-state index < -0.39 is 6.61 Å². The molecule has 0 saturated carbocycles. The molecule has 0 spiro atoms. The van der Waals surface area contributed by atoms with Gasteiger partial charge in [0.25, 0.3) is 0 Å². The first-order valence-electron chi connectivity index (χ1n) is 8.90. The highest BCUT2D eigenvalue weighted by Crippen LogP contribution is 2.27. The summed E-state index contributed by atoms with van der Waals surface area (Å²) in [6.45, 7) is -2.27. The van der Waals surface area contributed by atoms with Gasteiger partial charge in [-0.3, -0.25) is 0 Å². The number of nitrogens with one attached hydrogen (secondary N) is 1. The summed E-state index contributed by atoms with van der Waals surface area (Å²) in [5.41, 5.74) is 2.65. The predicted octanol–water partition coefficient (Wildman–Crippen LogP) is 4.97.